The minimum absolute atomic E-state index is 0.0602. The van der Waals surface area contributed by atoms with Gasteiger partial charge in [0.05, 0.1) is 17.1 Å². The van der Waals surface area contributed by atoms with Crippen molar-refractivity contribution in [3.05, 3.63) is 234 Å². The number of rotatable bonds is 8. The largest absolute Gasteiger partial charge is 0.309 e. The molecule has 0 radical (unpaired) electrons. The SMILES string of the molecule is CC(C)(C)c1ccc(-c2ccccc2N(c2ccccc2-c2ccc3c(c2)C(C)(c2ccccc2)c2ccccc2-3)c2ccccc2-c2cccc3cccc(C4CCCCC4)c23)cc1. The summed E-state index contributed by atoms with van der Waals surface area (Å²) >= 11 is 0. The van der Waals surface area contributed by atoms with Crippen LogP contribution in [-0.4, -0.2) is 0 Å². The topological polar surface area (TPSA) is 3.24 Å². The third-order valence-corrected chi connectivity index (χ3v) is 14.7. The van der Waals surface area contributed by atoms with Gasteiger partial charge in [0, 0.05) is 22.1 Å². The third-order valence-electron chi connectivity index (χ3n) is 14.7. The number of para-hydroxylation sites is 3. The van der Waals surface area contributed by atoms with E-state index < -0.39 is 0 Å². The van der Waals surface area contributed by atoms with E-state index in [1.807, 2.05) is 0 Å². The van der Waals surface area contributed by atoms with Gasteiger partial charge in [0.1, 0.15) is 0 Å². The second kappa shape index (κ2) is 16.5. The normalized spacial score (nSPS) is 16.0. The smallest absolute Gasteiger partial charge is 0.0540 e. The highest BCUT2D eigenvalue weighted by molar-refractivity contribution is 6.05. The molecule has 1 saturated carbocycles. The van der Waals surface area contributed by atoms with E-state index in [4.69, 9.17) is 0 Å². The summed E-state index contributed by atoms with van der Waals surface area (Å²) in [5, 5.41) is 2.71. The van der Waals surface area contributed by atoms with Gasteiger partial charge < -0.3 is 4.90 Å². The van der Waals surface area contributed by atoms with Crippen molar-refractivity contribution in [3.8, 4) is 44.5 Å². The van der Waals surface area contributed by atoms with Crippen molar-refractivity contribution in [1.29, 1.82) is 0 Å². The summed E-state index contributed by atoms with van der Waals surface area (Å²) in [7, 11) is 0. The van der Waals surface area contributed by atoms with Gasteiger partial charge in [0.2, 0.25) is 0 Å². The molecular weight excluding hydrogens is 783 g/mol. The fourth-order valence-electron chi connectivity index (χ4n) is 11.4. The first-order chi connectivity index (χ1) is 31.8. The van der Waals surface area contributed by atoms with Crippen LogP contribution < -0.4 is 4.90 Å². The molecule has 0 spiro atoms. The Kier molecular flexibility index (Phi) is 10.4. The van der Waals surface area contributed by atoms with Gasteiger partial charge >= 0.3 is 0 Å². The van der Waals surface area contributed by atoms with Gasteiger partial charge in [-0.2, -0.15) is 0 Å². The lowest BCUT2D eigenvalue weighted by Gasteiger charge is -2.32. The highest BCUT2D eigenvalue weighted by Gasteiger charge is 2.41. The van der Waals surface area contributed by atoms with Crippen LogP contribution in [0.5, 0.6) is 0 Å². The lowest BCUT2D eigenvalue weighted by Crippen LogP contribution is -2.22. The molecule has 0 saturated heterocycles. The molecule has 0 heterocycles. The summed E-state index contributed by atoms with van der Waals surface area (Å²) in [6, 6.07) is 77.8. The van der Waals surface area contributed by atoms with Crippen molar-refractivity contribution in [2.45, 2.75) is 76.5 Å². The van der Waals surface area contributed by atoms with Crippen LogP contribution in [0.4, 0.5) is 17.1 Å². The number of nitrogens with zero attached hydrogens (tertiary/aromatic N) is 1. The van der Waals surface area contributed by atoms with Crippen molar-refractivity contribution >= 4 is 27.8 Å². The zero-order valence-electron chi connectivity index (χ0n) is 38.2. The van der Waals surface area contributed by atoms with Crippen LogP contribution >= 0.6 is 0 Å². The van der Waals surface area contributed by atoms with Gasteiger partial charge in [-0.15, -0.1) is 0 Å². The molecule has 1 unspecified atom stereocenters. The first-order valence-corrected chi connectivity index (χ1v) is 23.8. The van der Waals surface area contributed by atoms with Crippen LogP contribution in [0.3, 0.4) is 0 Å². The Morgan fingerprint density at radius 3 is 1.63 bits per heavy atom. The molecule has 65 heavy (non-hydrogen) atoms. The maximum Gasteiger partial charge on any atom is 0.0540 e. The highest BCUT2D eigenvalue weighted by Crippen LogP contribution is 2.55. The Hall–Kier alpha value is -6.96. The summed E-state index contributed by atoms with van der Waals surface area (Å²) in [5.74, 6) is 0.571. The van der Waals surface area contributed by atoms with Crippen molar-refractivity contribution < 1.29 is 0 Å². The first kappa shape index (κ1) is 40.8. The molecule has 1 heteroatoms. The van der Waals surface area contributed by atoms with E-state index in [1.165, 1.54) is 115 Å². The predicted octanol–water partition coefficient (Wildman–Crippen LogP) is 18.0. The fraction of sp³-hybridized carbons (Fsp3) is 0.188. The van der Waals surface area contributed by atoms with Gasteiger partial charge in [0.25, 0.3) is 0 Å². The Bertz CT molecular complexity index is 3170. The number of hydrogen-bond acceptors (Lipinski definition) is 1. The molecule has 318 valence electrons. The van der Waals surface area contributed by atoms with Crippen LogP contribution in [0.25, 0.3) is 55.3 Å². The van der Waals surface area contributed by atoms with Crippen molar-refractivity contribution in [2.24, 2.45) is 0 Å². The van der Waals surface area contributed by atoms with E-state index in [9.17, 15) is 0 Å². The quantitative estimate of drug-likeness (QED) is 0.147. The average Bonchev–Trinajstić information content (AvgIpc) is 3.62. The molecule has 0 aliphatic heterocycles. The molecule has 9 aromatic carbocycles. The fourth-order valence-corrected chi connectivity index (χ4v) is 11.4. The monoisotopic (exact) mass is 839 g/mol. The summed E-state index contributed by atoms with van der Waals surface area (Å²) in [6.07, 6.45) is 6.46. The molecule has 1 nitrogen and oxygen atoms in total. The van der Waals surface area contributed by atoms with Gasteiger partial charge in [-0.1, -0.05) is 222 Å². The molecule has 0 aromatic heterocycles. The molecular formula is C64H57N. The molecule has 1 atom stereocenters. The standard InChI is InChI=1S/C64H57N/c1-63(2,3)48-40-37-45(38-41-48)50-27-12-16-34-59(50)65(61-36-18-14-30-55(61)56-32-20-24-46-23-19-31-52(62(46)56)44-21-7-5-8-22-44)60-35-17-13-28-51(60)47-39-42-54-53-29-11-15-33-57(53)64(4,58(54)43-47)49-25-9-6-10-26-49/h6,9-20,23-44H,5,7-8,21-22H2,1-4H3. The van der Waals surface area contributed by atoms with Crippen LogP contribution in [0, 0.1) is 0 Å². The predicted molar refractivity (Wildman–Crippen MR) is 277 cm³/mol. The Morgan fingerprint density at radius 2 is 0.954 bits per heavy atom. The van der Waals surface area contributed by atoms with Crippen molar-refractivity contribution in [3.63, 3.8) is 0 Å². The van der Waals surface area contributed by atoms with Crippen LogP contribution in [-0.2, 0) is 10.8 Å². The minimum atomic E-state index is -0.305. The minimum Gasteiger partial charge on any atom is -0.309 e. The molecule has 9 aromatic rings. The number of fused-ring (bicyclic) bond motifs is 4. The van der Waals surface area contributed by atoms with E-state index >= 15 is 0 Å². The Balaban J connectivity index is 1.15. The molecule has 1 fully saturated rings. The van der Waals surface area contributed by atoms with Crippen LogP contribution in [0.15, 0.2) is 206 Å². The van der Waals surface area contributed by atoms with E-state index in [2.05, 4.69) is 239 Å². The summed E-state index contributed by atoms with van der Waals surface area (Å²) in [4.78, 5) is 2.57. The molecule has 11 rings (SSSR count). The molecule has 0 amide bonds. The number of anilines is 3. The third kappa shape index (κ3) is 7.10. The molecule has 2 aliphatic rings. The van der Waals surface area contributed by atoms with Gasteiger partial charge in [0.15, 0.2) is 0 Å². The second-order valence-corrected chi connectivity index (χ2v) is 19.6. The van der Waals surface area contributed by atoms with Gasteiger partial charge in [-0.05, 0) is 122 Å². The highest BCUT2D eigenvalue weighted by atomic mass is 15.1. The zero-order chi connectivity index (χ0) is 44.1. The van der Waals surface area contributed by atoms with E-state index in [-0.39, 0.29) is 10.8 Å². The number of hydrogen-bond donors (Lipinski definition) is 0. The molecule has 0 bridgehead atoms. The van der Waals surface area contributed by atoms with Gasteiger partial charge in [-0.25, -0.2) is 0 Å². The summed E-state index contributed by atoms with van der Waals surface area (Å²) in [5.41, 5.74) is 20.0. The number of benzene rings is 9. The maximum atomic E-state index is 2.57. The lowest BCUT2D eigenvalue weighted by molar-refractivity contribution is 0.445. The first-order valence-electron chi connectivity index (χ1n) is 23.8. The molecule has 2 aliphatic carbocycles. The van der Waals surface area contributed by atoms with E-state index in [0.717, 1.165) is 17.1 Å². The second-order valence-electron chi connectivity index (χ2n) is 19.6. The van der Waals surface area contributed by atoms with Gasteiger partial charge in [-0.3, -0.25) is 0 Å². The van der Waals surface area contributed by atoms with Crippen LogP contribution in [0.2, 0.25) is 0 Å². The van der Waals surface area contributed by atoms with Crippen LogP contribution in [0.1, 0.15) is 93.5 Å². The summed E-state index contributed by atoms with van der Waals surface area (Å²) < 4.78 is 0. The zero-order valence-corrected chi connectivity index (χ0v) is 38.2. The van der Waals surface area contributed by atoms with Crippen molar-refractivity contribution in [2.75, 3.05) is 4.90 Å². The Labute approximate surface area is 386 Å². The maximum absolute atomic E-state index is 2.57. The lowest BCUT2D eigenvalue weighted by atomic mass is 9.74. The van der Waals surface area contributed by atoms with E-state index in [1.54, 1.807) is 0 Å². The molecule has 0 N–H and O–H groups in total. The van der Waals surface area contributed by atoms with E-state index in [0.29, 0.717) is 5.92 Å². The summed E-state index contributed by atoms with van der Waals surface area (Å²) in [6.45, 7) is 9.29. The average molecular weight is 840 g/mol. The van der Waals surface area contributed by atoms with Crippen molar-refractivity contribution in [1.82, 2.24) is 0 Å². The Morgan fingerprint density at radius 1 is 0.431 bits per heavy atom.